The van der Waals surface area contributed by atoms with E-state index in [2.05, 4.69) is 21.9 Å². The Hall–Kier alpha value is -0.790. The van der Waals surface area contributed by atoms with Gasteiger partial charge in [0.1, 0.15) is 4.90 Å². The molecule has 5 nitrogen and oxygen atoms in total. The van der Waals surface area contributed by atoms with E-state index in [1.165, 1.54) is 6.20 Å². The van der Waals surface area contributed by atoms with Gasteiger partial charge in [0.05, 0.1) is 5.69 Å². The standard InChI is InChI=1S/C13H23N3O2S2/c1-4-7-15-12-6-8-14-9-13(12)20(17,18)16-11(3)10-19-5-2/h6,8-9,11,16H,4-5,7,10H2,1-3H3,(H,14,15). The molecule has 2 N–H and O–H groups in total. The summed E-state index contributed by atoms with van der Waals surface area (Å²) >= 11 is 1.71. The Morgan fingerprint density at radius 1 is 1.40 bits per heavy atom. The summed E-state index contributed by atoms with van der Waals surface area (Å²) < 4.78 is 27.5. The van der Waals surface area contributed by atoms with Crippen molar-refractivity contribution in [1.82, 2.24) is 9.71 Å². The third kappa shape index (κ3) is 5.30. The SMILES string of the molecule is CCCNc1ccncc1S(=O)(=O)NC(C)CSCC. The molecule has 0 amide bonds. The Labute approximate surface area is 126 Å². The predicted octanol–water partition coefficient (Wildman–Crippen LogP) is 2.32. The molecule has 20 heavy (non-hydrogen) atoms. The zero-order valence-corrected chi connectivity index (χ0v) is 13.9. The average Bonchev–Trinajstić information content (AvgIpc) is 2.42. The number of sulfonamides is 1. The first kappa shape index (κ1) is 17.3. The normalized spacial score (nSPS) is 13.2. The number of nitrogens with one attached hydrogen (secondary N) is 2. The third-order valence-corrected chi connectivity index (χ3v) is 5.33. The molecule has 1 aromatic heterocycles. The summed E-state index contributed by atoms with van der Waals surface area (Å²) in [6.45, 7) is 6.69. The molecule has 1 aromatic rings. The summed E-state index contributed by atoms with van der Waals surface area (Å²) in [6.07, 6.45) is 3.91. The molecule has 0 aliphatic carbocycles. The summed E-state index contributed by atoms with van der Waals surface area (Å²) in [5, 5.41) is 3.12. The van der Waals surface area contributed by atoms with Crippen LogP contribution in [0.5, 0.6) is 0 Å². The molecule has 1 atom stereocenters. The van der Waals surface area contributed by atoms with Gasteiger partial charge >= 0.3 is 0 Å². The number of hydrogen-bond donors (Lipinski definition) is 2. The molecule has 0 aliphatic heterocycles. The Bertz CT molecular complexity index is 506. The molecule has 1 rings (SSSR count). The lowest BCUT2D eigenvalue weighted by Crippen LogP contribution is -2.34. The Kier molecular flexibility index (Phi) is 7.32. The van der Waals surface area contributed by atoms with Crippen LogP contribution in [0.25, 0.3) is 0 Å². The summed E-state index contributed by atoms with van der Waals surface area (Å²) in [4.78, 5) is 4.13. The van der Waals surface area contributed by atoms with Gasteiger partial charge in [-0.25, -0.2) is 13.1 Å². The van der Waals surface area contributed by atoms with Gasteiger partial charge in [-0.1, -0.05) is 13.8 Å². The molecule has 1 heterocycles. The minimum Gasteiger partial charge on any atom is -0.384 e. The summed E-state index contributed by atoms with van der Waals surface area (Å²) in [7, 11) is -3.54. The fraction of sp³-hybridized carbons (Fsp3) is 0.615. The van der Waals surface area contributed by atoms with Crippen molar-refractivity contribution in [2.75, 3.05) is 23.4 Å². The minimum atomic E-state index is -3.54. The number of thioether (sulfide) groups is 1. The molecule has 0 aromatic carbocycles. The second kappa shape index (κ2) is 8.49. The van der Waals surface area contributed by atoms with E-state index in [4.69, 9.17) is 0 Å². The van der Waals surface area contributed by atoms with E-state index in [1.807, 2.05) is 13.8 Å². The quantitative estimate of drug-likeness (QED) is 0.731. The van der Waals surface area contributed by atoms with Crippen molar-refractivity contribution in [3.63, 3.8) is 0 Å². The maximum absolute atomic E-state index is 12.4. The predicted molar refractivity (Wildman–Crippen MR) is 85.8 cm³/mol. The Morgan fingerprint density at radius 2 is 2.15 bits per heavy atom. The summed E-state index contributed by atoms with van der Waals surface area (Å²) in [6, 6.07) is 1.58. The monoisotopic (exact) mass is 317 g/mol. The molecule has 7 heteroatoms. The first-order valence-electron chi connectivity index (χ1n) is 6.79. The van der Waals surface area contributed by atoms with Crippen molar-refractivity contribution in [3.8, 4) is 0 Å². The van der Waals surface area contributed by atoms with Gasteiger partial charge < -0.3 is 5.32 Å². The van der Waals surface area contributed by atoms with E-state index < -0.39 is 10.0 Å². The number of aromatic nitrogens is 1. The van der Waals surface area contributed by atoms with Gasteiger partial charge in [0.25, 0.3) is 0 Å². The van der Waals surface area contributed by atoms with Crippen LogP contribution in [0.3, 0.4) is 0 Å². The number of nitrogens with zero attached hydrogens (tertiary/aromatic N) is 1. The maximum Gasteiger partial charge on any atom is 0.244 e. The van der Waals surface area contributed by atoms with Crippen molar-refractivity contribution in [3.05, 3.63) is 18.5 Å². The lowest BCUT2D eigenvalue weighted by atomic mass is 10.4. The average molecular weight is 317 g/mol. The zero-order chi connectivity index (χ0) is 15.0. The number of hydrogen-bond acceptors (Lipinski definition) is 5. The zero-order valence-electron chi connectivity index (χ0n) is 12.2. The van der Waals surface area contributed by atoms with Gasteiger partial charge in [0.15, 0.2) is 0 Å². The molecule has 0 aliphatic rings. The van der Waals surface area contributed by atoms with Gasteiger partial charge in [-0.2, -0.15) is 11.8 Å². The lowest BCUT2D eigenvalue weighted by Gasteiger charge is -2.16. The summed E-state index contributed by atoms with van der Waals surface area (Å²) in [5.74, 6) is 1.73. The fourth-order valence-electron chi connectivity index (χ4n) is 1.66. The van der Waals surface area contributed by atoms with E-state index in [0.29, 0.717) is 5.69 Å². The molecule has 0 fully saturated rings. The first-order valence-corrected chi connectivity index (χ1v) is 9.43. The van der Waals surface area contributed by atoms with Gasteiger partial charge in [-0.15, -0.1) is 0 Å². The van der Waals surface area contributed by atoms with Crippen LogP contribution >= 0.6 is 11.8 Å². The number of anilines is 1. The van der Waals surface area contributed by atoms with Crippen molar-refractivity contribution >= 4 is 27.5 Å². The molecule has 0 radical (unpaired) electrons. The van der Waals surface area contributed by atoms with Crippen LogP contribution in [-0.2, 0) is 10.0 Å². The van der Waals surface area contributed by atoms with Gasteiger partial charge in [-0.3, -0.25) is 4.98 Å². The van der Waals surface area contributed by atoms with Gasteiger partial charge in [0.2, 0.25) is 10.0 Å². The van der Waals surface area contributed by atoms with Crippen LogP contribution in [0.15, 0.2) is 23.4 Å². The largest absolute Gasteiger partial charge is 0.384 e. The first-order chi connectivity index (χ1) is 9.51. The van der Waals surface area contributed by atoms with E-state index in [9.17, 15) is 8.42 Å². The lowest BCUT2D eigenvalue weighted by molar-refractivity contribution is 0.571. The van der Waals surface area contributed by atoms with Crippen LogP contribution in [0.2, 0.25) is 0 Å². The number of rotatable bonds is 9. The van der Waals surface area contributed by atoms with E-state index in [0.717, 1.165) is 24.5 Å². The van der Waals surface area contributed by atoms with E-state index >= 15 is 0 Å². The molecule has 0 spiro atoms. The molecule has 114 valence electrons. The van der Waals surface area contributed by atoms with Crippen LogP contribution in [0, 0.1) is 0 Å². The summed E-state index contributed by atoms with van der Waals surface area (Å²) in [5.41, 5.74) is 0.602. The van der Waals surface area contributed by atoms with Gasteiger partial charge in [-0.05, 0) is 25.2 Å². The Balaban J connectivity index is 2.86. The van der Waals surface area contributed by atoms with Crippen molar-refractivity contribution in [2.45, 2.75) is 38.1 Å². The fourth-order valence-corrected chi connectivity index (χ4v) is 3.80. The minimum absolute atomic E-state index is 0.107. The molecule has 0 saturated heterocycles. The molecular weight excluding hydrogens is 294 g/mol. The van der Waals surface area contributed by atoms with Crippen LogP contribution in [0.4, 0.5) is 5.69 Å². The molecule has 0 bridgehead atoms. The van der Waals surface area contributed by atoms with Crippen LogP contribution < -0.4 is 10.0 Å². The molecule has 1 unspecified atom stereocenters. The third-order valence-electron chi connectivity index (χ3n) is 2.57. The van der Waals surface area contributed by atoms with E-state index in [1.54, 1.807) is 24.0 Å². The Morgan fingerprint density at radius 3 is 2.80 bits per heavy atom. The highest BCUT2D eigenvalue weighted by molar-refractivity contribution is 7.99. The molecule has 0 saturated carbocycles. The van der Waals surface area contributed by atoms with Crippen LogP contribution in [-0.4, -0.2) is 37.5 Å². The highest BCUT2D eigenvalue weighted by Gasteiger charge is 2.20. The van der Waals surface area contributed by atoms with Crippen LogP contribution in [0.1, 0.15) is 27.2 Å². The van der Waals surface area contributed by atoms with Crippen molar-refractivity contribution in [1.29, 1.82) is 0 Å². The van der Waals surface area contributed by atoms with Crippen molar-refractivity contribution < 1.29 is 8.42 Å². The van der Waals surface area contributed by atoms with E-state index in [-0.39, 0.29) is 10.9 Å². The van der Waals surface area contributed by atoms with Crippen molar-refractivity contribution in [2.24, 2.45) is 0 Å². The van der Waals surface area contributed by atoms with Gasteiger partial charge in [0, 0.05) is 30.7 Å². The highest BCUT2D eigenvalue weighted by atomic mass is 32.2. The molecular formula is C13H23N3O2S2. The topological polar surface area (TPSA) is 71.1 Å². The second-order valence-corrected chi connectivity index (χ2v) is 7.48. The smallest absolute Gasteiger partial charge is 0.244 e. The maximum atomic E-state index is 12.4. The number of pyridine rings is 1. The highest BCUT2D eigenvalue weighted by Crippen LogP contribution is 2.20. The second-order valence-electron chi connectivity index (χ2n) is 4.48.